The number of rotatable bonds is 3. The minimum atomic E-state index is -0.563. The number of aryl methyl sites for hydroxylation is 1. The lowest BCUT2D eigenvalue weighted by Gasteiger charge is -2.31. The summed E-state index contributed by atoms with van der Waals surface area (Å²) in [5.74, 6) is -1.09. The van der Waals surface area contributed by atoms with E-state index >= 15 is 0 Å². The third kappa shape index (κ3) is 2.53. The van der Waals surface area contributed by atoms with Crippen molar-refractivity contribution >= 4 is 0 Å². The number of hydrogen-bond acceptors (Lipinski definition) is 3. The topological polar surface area (TPSA) is 30.5 Å². The molecule has 2 atom stereocenters. The van der Waals surface area contributed by atoms with Crippen LogP contribution < -0.4 is 5.32 Å². The Hall–Kier alpha value is -1.04. The van der Waals surface area contributed by atoms with E-state index in [9.17, 15) is 8.78 Å². The van der Waals surface area contributed by atoms with Gasteiger partial charge in [-0.3, -0.25) is 0 Å². The first kappa shape index (κ1) is 13.4. The first-order chi connectivity index (χ1) is 8.65. The summed E-state index contributed by atoms with van der Waals surface area (Å²) in [7, 11) is 1.66. The van der Waals surface area contributed by atoms with Gasteiger partial charge in [0.15, 0.2) is 0 Å². The molecule has 0 spiro atoms. The Morgan fingerprint density at radius 1 is 1.33 bits per heavy atom. The zero-order valence-electron chi connectivity index (χ0n) is 10.5. The van der Waals surface area contributed by atoms with Crippen LogP contribution in [0.1, 0.15) is 17.2 Å². The lowest BCUT2D eigenvalue weighted by atomic mass is 9.98. The van der Waals surface area contributed by atoms with Gasteiger partial charge < -0.3 is 14.8 Å². The van der Waals surface area contributed by atoms with Gasteiger partial charge in [-0.1, -0.05) is 6.07 Å². The van der Waals surface area contributed by atoms with Crippen LogP contribution in [-0.4, -0.2) is 33.0 Å². The number of hydrogen-bond donors (Lipinski definition) is 1. The molecule has 0 aliphatic carbocycles. The number of halogens is 2. The summed E-state index contributed by atoms with van der Waals surface area (Å²) >= 11 is 0. The van der Waals surface area contributed by atoms with Crippen molar-refractivity contribution in [1.29, 1.82) is 0 Å². The van der Waals surface area contributed by atoms with E-state index < -0.39 is 17.7 Å². The fourth-order valence-corrected chi connectivity index (χ4v) is 2.18. The Labute approximate surface area is 105 Å². The molecule has 0 bridgehead atoms. The SMILES string of the molecule is CNC(c1c(F)ccc(C)c1F)C1COCCO1. The van der Waals surface area contributed by atoms with Crippen LogP contribution in [0.3, 0.4) is 0 Å². The van der Waals surface area contributed by atoms with Crippen molar-refractivity contribution in [3.63, 3.8) is 0 Å². The van der Waals surface area contributed by atoms with E-state index in [4.69, 9.17) is 9.47 Å². The van der Waals surface area contributed by atoms with Gasteiger partial charge in [-0.25, -0.2) is 8.78 Å². The minimum Gasteiger partial charge on any atom is -0.376 e. The Bertz CT molecular complexity index is 420. The lowest BCUT2D eigenvalue weighted by Crippen LogP contribution is -2.40. The molecule has 2 unspecified atom stereocenters. The van der Waals surface area contributed by atoms with Gasteiger partial charge in [0, 0.05) is 5.56 Å². The smallest absolute Gasteiger partial charge is 0.133 e. The number of ether oxygens (including phenoxy) is 2. The van der Waals surface area contributed by atoms with E-state index in [1.165, 1.54) is 12.1 Å². The fraction of sp³-hybridized carbons (Fsp3) is 0.538. The molecule has 1 fully saturated rings. The summed E-state index contributed by atoms with van der Waals surface area (Å²) in [5, 5.41) is 2.91. The number of benzene rings is 1. The second-order valence-corrected chi connectivity index (χ2v) is 4.34. The molecular formula is C13H17F2NO2. The van der Waals surface area contributed by atoms with Gasteiger partial charge in [0.25, 0.3) is 0 Å². The van der Waals surface area contributed by atoms with Crippen LogP contribution in [0.2, 0.25) is 0 Å². The van der Waals surface area contributed by atoms with Crippen LogP contribution in [0.15, 0.2) is 12.1 Å². The van der Waals surface area contributed by atoms with Crippen molar-refractivity contribution in [3.8, 4) is 0 Å². The molecular weight excluding hydrogens is 240 g/mol. The Kier molecular flexibility index (Phi) is 4.27. The standard InChI is InChI=1S/C13H17F2NO2/c1-8-3-4-9(14)11(12(8)15)13(16-2)10-7-17-5-6-18-10/h3-4,10,13,16H,5-7H2,1-2H3. The molecule has 100 valence electrons. The maximum absolute atomic E-state index is 14.1. The van der Waals surface area contributed by atoms with Crippen molar-refractivity contribution in [1.82, 2.24) is 5.32 Å². The van der Waals surface area contributed by atoms with E-state index in [1.54, 1.807) is 14.0 Å². The maximum Gasteiger partial charge on any atom is 0.133 e. The first-order valence-corrected chi connectivity index (χ1v) is 5.96. The zero-order chi connectivity index (χ0) is 13.1. The third-order valence-corrected chi connectivity index (χ3v) is 3.16. The second-order valence-electron chi connectivity index (χ2n) is 4.34. The lowest BCUT2D eigenvalue weighted by molar-refractivity contribution is -0.102. The largest absolute Gasteiger partial charge is 0.376 e. The molecule has 2 rings (SSSR count). The third-order valence-electron chi connectivity index (χ3n) is 3.16. The van der Waals surface area contributed by atoms with Gasteiger partial charge in [0.05, 0.1) is 25.9 Å². The van der Waals surface area contributed by atoms with E-state index in [0.717, 1.165) is 0 Å². The molecule has 0 amide bonds. The average Bonchev–Trinajstić information content (AvgIpc) is 2.40. The molecule has 0 aromatic heterocycles. The summed E-state index contributed by atoms with van der Waals surface area (Å²) in [5.41, 5.74) is 0.441. The van der Waals surface area contributed by atoms with E-state index in [0.29, 0.717) is 25.4 Å². The van der Waals surface area contributed by atoms with Crippen molar-refractivity contribution < 1.29 is 18.3 Å². The Balaban J connectivity index is 2.34. The van der Waals surface area contributed by atoms with E-state index in [-0.39, 0.29) is 11.7 Å². The highest BCUT2D eigenvalue weighted by atomic mass is 19.1. The quantitative estimate of drug-likeness (QED) is 0.897. The minimum absolute atomic E-state index is 0.0213. The summed E-state index contributed by atoms with van der Waals surface area (Å²) < 4.78 is 38.7. The molecule has 1 aliphatic rings. The van der Waals surface area contributed by atoms with Crippen LogP contribution >= 0.6 is 0 Å². The Morgan fingerprint density at radius 3 is 2.72 bits per heavy atom. The maximum atomic E-state index is 14.1. The number of nitrogens with one attached hydrogen (secondary N) is 1. The molecule has 3 nitrogen and oxygen atoms in total. The van der Waals surface area contributed by atoms with Gasteiger partial charge in [0.2, 0.25) is 0 Å². The molecule has 1 aromatic rings. The van der Waals surface area contributed by atoms with Crippen LogP contribution in [0.25, 0.3) is 0 Å². The molecule has 18 heavy (non-hydrogen) atoms. The van der Waals surface area contributed by atoms with Gasteiger partial charge in [-0.2, -0.15) is 0 Å². The second kappa shape index (κ2) is 5.73. The first-order valence-electron chi connectivity index (χ1n) is 5.96. The molecule has 5 heteroatoms. The predicted molar refractivity (Wildman–Crippen MR) is 63.5 cm³/mol. The van der Waals surface area contributed by atoms with Crippen molar-refractivity contribution in [2.24, 2.45) is 0 Å². The van der Waals surface area contributed by atoms with Crippen LogP contribution in [0.5, 0.6) is 0 Å². The van der Waals surface area contributed by atoms with Crippen molar-refractivity contribution in [3.05, 3.63) is 34.9 Å². The summed E-state index contributed by atoms with van der Waals surface area (Å²) in [6.07, 6.45) is -0.380. The van der Waals surface area contributed by atoms with Crippen LogP contribution in [0.4, 0.5) is 8.78 Å². The van der Waals surface area contributed by atoms with Crippen LogP contribution in [0, 0.1) is 18.6 Å². The highest BCUT2D eigenvalue weighted by Gasteiger charge is 2.30. The molecule has 1 aromatic carbocycles. The van der Waals surface area contributed by atoms with Crippen molar-refractivity contribution in [2.45, 2.75) is 19.1 Å². The number of likely N-dealkylation sites (N-methyl/N-ethyl adjacent to an activating group) is 1. The monoisotopic (exact) mass is 257 g/mol. The zero-order valence-corrected chi connectivity index (χ0v) is 10.5. The normalized spacial score (nSPS) is 21.9. The molecule has 1 aliphatic heterocycles. The van der Waals surface area contributed by atoms with Gasteiger partial charge >= 0.3 is 0 Å². The summed E-state index contributed by atoms with van der Waals surface area (Å²) in [4.78, 5) is 0. The molecule has 0 saturated carbocycles. The Morgan fingerprint density at radius 2 is 2.11 bits per heavy atom. The fourth-order valence-electron chi connectivity index (χ4n) is 2.18. The van der Waals surface area contributed by atoms with Gasteiger partial charge in [-0.05, 0) is 25.6 Å². The van der Waals surface area contributed by atoms with Crippen molar-refractivity contribution in [2.75, 3.05) is 26.9 Å². The molecule has 0 radical (unpaired) electrons. The van der Waals surface area contributed by atoms with Crippen LogP contribution in [-0.2, 0) is 9.47 Å². The summed E-state index contributed by atoms with van der Waals surface area (Å²) in [6.45, 7) is 2.91. The predicted octanol–water partition coefficient (Wildman–Crippen LogP) is 1.95. The molecule has 1 N–H and O–H groups in total. The van der Waals surface area contributed by atoms with Gasteiger partial charge in [0.1, 0.15) is 17.7 Å². The molecule has 1 heterocycles. The highest BCUT2D eigenvalue weighted by Crippen LogP contribution is 2.27. The van der Waals surface area contributed by atoms with Gasteiger partial charge in [-0.15, -0.1) is 0 Å². The molecule has 1 saturated heterocycles. The van der Waals surface area contributed by atoms with E-state index in [1.807, 2.05) is 0 Å². The average molecular weight is 257 g/mol. The highest BCUT2D eigenvalue weighted by molar-refractivity contribution is 5.30. The van der Waals surface area contributed by atoms with E-state index in [2.05, 4.69) is 5.32 Å². The summed E-state index contributed by atoms with van der Waals surface area (Å²) in [6, 6.07) is 2.16.